The molecule has 1 aliphatic heterocycles. The van der Waals surface area contributed by atoms with Gasteiger partial charge in [0.15, 0.2) is 5.17 Å². The van der Waals surface area contributed by atoms with Crippen LogP contribution in [0.2, 0.25) is 5.02 Å². The first-order chi connectivity index (χ1) is 14.4. The van der Waals surface area contributed by atoms with Gasteiger partial charge in [0.05, 0.1) is 21.2 Å². The Hall–Kier alpha value is -3.29. The molecule has 30 heavy (non-hydrogen) atoms. The van der Waals surface area contributed by atoms with Gasteiger partial charge in [-0.2, -0.15) is 0 Å². The van der Waals surface area contributed by atoms with Crippen molar-refractivity contribution in [2.75, 3.05) is 0 Å². The number of aliphatic imine (C=N–C) groups is 1. The topological polar surface area (TPSA) is 91.9 Å². The van der Waals surface area contributed by atoms with Crippen LogP contribution in [0.5, 0.6) is 0 Å². The van der Waals surface area contributed by atoms with Crippen LogP contribution in [0.3, 0.4) is 0 Å². The van der Waals surface area contributed by atoms with Crippen LogP contribution in [-0.2, 0) is 4.79 Å². The predicted molar refractivity (Wildman–Crippen MR) is 118 cm³/mol. The molecule has 6 nitrogen and oxygen atoms in total. The molecule has 1 saturated heterocycles. The number of nitrogens with zero attached hydrogens (tertiary/aromatic N) is 1. The molecule has 0 radical (unpaired) electrons. The first-order valence-corrected chi connectivity index (χ1v) is 10.1. The van der Waals surface area contributed by atoms with Gasteiger partial charge in [-0.05, 0) is 61.2 Å². The molecule has 0 unspecified atom stereocenters. The number of aromatic carboxylic acids is 1. The van der Waals surface area contributed by atoms with Gasteiger partial charge in [0.25, 0.3) is 5.91 Å². The number of carbonyl (C=O) groups is 2. The van der Waals surface area contributed by atoms with Crippen LogP contribution >= 0.6 is 23.4 Å². The number of thioether (sulfide) groups is 1. The first-order valence-electron chi connectivity index (χ1n) is 8.88. The van der Waals surface area contributed by atoms with Crippen molar-refractivity contribution in [1.29, 1.82) is 0 Å². The van der Waals surface area contributed by atoms with Gasteiger partial charge in [0, 0.05) is 11.6 Å². The summed E-state index contributed by atoms with van der Waals surface area (Å²) in [6, 6.07) is 15.4. The average molecular weight is 439 g/mol. The predicted octanol–water partition coefficient (Wildman–Crippen LogP) is 5.50. The van der Waals surface area contributed by atoms with Crippen molar-refractivity contribution in [2.24, 2.45) is 4.99 Å². The number of carboxylic acid groups (broad SMARTS) is 1. The number of nitrogens with one attached hydrogen (secondary N) is 1. The zero-order chi connectivity index (χ0) is 21.3. The number of hydrogen-bond acceptors (Lipinski definition) is 5. The molecule has 1 fully saturated rings. The summed E-state index contributed by atoms with van der Waals surface area (Å²) in [6.07, 6.45) is 1.61. The minimum absolute atomic E-state index is 0.105. The van der Waals surface area contributed by atoms with Crippen molar-refractivity contribution in [2.45, 2.75) is 6.92 Å². The Labute approximate surface area is 181 Å². The number of carbonyl (C=O) groups excluding carboxylic acids is 1. The molecular formula is C22H15ClN2O4S. The molecule has 4 rings (SSSR count). The number of carboxylic acids is 1. The lowest BCUT2D eigenvalue weighted by Gasteiger charge is -2.02. The summed E-state index contributed by atoms with van der Waals surface area (Å²) in [5.74, 6) is -0.473. The largest absolute Gasteiger partial charge is 0.478 e. The second-order valence-electron chi connectivity index (χ2n) is 6.52. The van der Waals surface area contributed by atoms with E-state index in [4.69, 9.17) is 16.0 Å². The number of aryl methyl sites for hydroxylation is 1. The highest BCUT2D eigenvalue weighted by Gasteiger charge is 2.24. The van der Waals surface area contributed by atoms with Crippen molar-refractivity contribution in [3.05, 3.63) is 81.4 Å². The third-order valence-electron chi connectivity index (χ3n) is 4.29. The van der Waals surface area contributed by atoms with E-state index < -0.39 is 5.97 Å². The van der Waals surface area contributed by atoms with E-state index in [0.717, 1.165) is 11.3 Å². The molecule has 2 heterocycles. The quantitative estimate of drug-likeness (QED) is 0.525. The molecule has 1 aromatic heterocycles. The van der Waals surface area contributed by atoms with E-state index in [0.29, 0.717) is 32.2 Å². The summed E-state index contributed by atoms with van der Waals surface area (Å²) in [4.78, 5) is 28.4. The molecule has 0 atom stereocenters. The zero-order valence-electron chi connectivity index (χ0n) is 15.7. The van der Waals surface area contributed by atoms with Crippen LogP contribution in [0.4, 0.5) is 5.69 Å². The lowest BCUT2D eigenvalue weighted by Crippen LogP contribution is -2.19. The summed E-state index contributed by atoms with van der Waals surface area (Å²) in [5, 5.41) is 12.8. The number of furan rings is 1. The lowest BCUT2D eigenvalue weighted by molar-refractivity contribution is -0.115. The Morgan fingerprint density at radius 2 is 1.93 bits per heavy atom. The van der Waals surface area contributed by atoms with Gasteiger partial charge in [-0.15, -0.1) is 0 Å². The van der Waals surface area contributed by atoms with Crippen molar-refractivity contribution in [3.8, 4) is 11.3 Å². The monoisotopic (exact) mass is 438 g/mol. The maximum atomic E-state index is 12.3. The van der Waals surface area contributed by atoms with E-state index in [2.05, 4.69) is 10.3 Å². The number of hydrogen-bond donors (Lipinski definition) is 2. The van der Waals surface area contributed by atoms with Crippen LogP contribution in [0.25, 0.3) is 17.4 Å². The van der Waals surface area contributed by atoms with Crippen molar-refractivity contribution >= 4 is 52.2 Å². The van der Waals surface area contributed by atoms with Crippen LogP contribution in [0.1, 0.15) is 21.7 Å². The Bertz CT molecular complexity index is 1210. The normalized spacial score (nSPS) is 16.3. The van der Waals surface area contributed by atoms with Gasteiger partial charge < -0.3 is 14.8 Å². The molecule has 0 spiro atoms. The van der Waals surface area contributed by atoms with Crippen LogP contribution < -0.4 is 5.32 Å². The standard InChI is InChI=1S/C22H15ClN2O4S/c1-12-2-5-14(6-3-12)24-22-25-20(26)19(30-22)11-15-7-9-18(29-15)16-10-13(21(27)28)4-8-17(16)23/h2-11H,1H3,(H,27,28)(H,24,25,26)/b19-11-. The fourth-order valence-corrected chi connectivity index (χ4v) is 3.80. The molecule has 8 heteroatoms. The second-order valence-corrected chi connectivity index (χ2v) is 7.96. The fraction of sp³-hybridized carbons (Fsp3) is 0.0455. The van der Waals surface area contributed by atoms with E-state index in [-0.39, 0.29) is 11.5 Å². The van der Waals surface area contributed by atoms with Crippen molar-refractivity contribution < 1.29 is 19.1 Å². The number of amides is 1. The molecule has 150 valence electrons. The van der Waals surface area contributed by atoms with E-state index in [1.807, 2.05) is 31.2 Å². The molecule has 0 bridgehead atoms. The zero-order valence-corrected chi connectivity index (χ0v) is 17.3. The summed E-state index contributed by atoms with van der Waals surface area (Å²) >= 11 is 7.41. The summed E-state index contributed by atoms with van der Waals surface area (Å²) in [5.41, 5.74) is 2.45. The van der Waals surface area contributed by atoms with Crippen LogP contribution in [0, 0.1) is 6.92 Å². The van der Waals surface area contributed by atoms with Crippen molar-refractivity contribution in [3.63, 3.8) is 0 Å². The summed E-state index contributed by atoms with van der Waals surface area (Å²) < 4.78 is 5.78. The van der Waals surface area contributed by atoms with E-state index in [1.54, 1.807) is 18.2 Å². The second kappa shape index (κ2) is 8.22. The average Bonchev–Trinajstić information content (AvgIpc) is 3.31. The highest BCUT2D eigenvalue weighted by molar-refractivity contribution is 8.18. The van der Waals surface area contributed by atoms with Crippen molar-refractivity contribution in [1.82, 2.24) is 5.32 Å². The number of benzene rings is 2. The van der Waals surface area contributed by atoms with Gasteiger partial charge in [-0.1, -0.05) is 29.3 Å². The molecule has 3 aromatic rings. The minimum Gasteiger partial charge on any atom is -0.478 e. The Kier molecular flexibility index (Phi) is 5.48. The summed E-state index contributed by atoms with van der Waals surface area (Å²) in [6.45, 7) is 1.99. The number of amidine groups is 1. The van der Waals surface area contributed by atoms with Crippen LogP contribution in [-0.4, -0.2) is 22.2 Å². The Morgan fingerprint density at radius 3 is 2.67 bits per heavy atom. The molecular weight excluding hydrogens is 424 g/mol. The molecule has 1 aliphatic rings. The van der Waals surface area contributed by atoms with Gasteiger partial charge in [0.2, 0.25) is 0 Å². The van der Waals surface area contributed by atoms with Gasteiger partial charge in [-0.3, -0.25) is 4.79 Å². The molecule has 2 aromatic carbocycles. The van der Waals surface area contributed by atoms with E-state index >= 15 is 0 Å². The Balaban J connectivity index is 1.57. The smallest absolute Gasteiger partial charge is 0.335 e. The van der Waals surface area contributed by atoms with Crippen LogP contribution in [0.15, 0.2) is 68.9 Å². The number of rotatable bonds is 4. The van der Waals surface area contributed by atoms with E-state index in [1.165, 1.54) is 30.0 Å². The number of halogens is 1. The molecule has 2 N–H and O–H groups in total. The summed E-state index contributed by atoms with van der Waals surface area (Å²) in [7, 11) is 0. The third-order valence-corrected chi connectivity index (χ3v) is 5.53. The van der Waals surface area contributed by atoms with Gasteiger partial charge in [0.1, 0.15) is 11.5 Å². The first kappa shape index (κ1) is 20.0. The maximum Gasteiger partial charge on any atom is 0.335 e. The molecule has 0 aliphatic carbocycles. The minimum atomic E-state index is -1.05. The molecule has 0 saturated carbocycles. The van der Waals surface area contributed by atoms with E-state index in [9.17, 15) is 14.7 Å². The highest BCUT2D eigenvalue weighted by atomic mass is 35.5. The SMILES string of the molecule is Cc1ccc(N=C2NC(=O)/C(=C/c3ccc(-c4cc(C(=O)O)ccc4Cl)o3)S2)cc1. The molecule has 1 amide bonds. The third kappa shape index (κ3) is 4.32. The highest BCUT2D eigenvalue weighted by Crippen LogP contribution is 2.33. The van der Waals surface area contributed by atoms with Gasteiger partial charge >= 0.3 is 5.97 Å². The Morgan fingerprint density at radius 1 is 1.17 bits per heavy atom. The van der Waals surface area contributed by atoms with Gasteiger partial charge in [-0.25, -0.2) is 9.79 Å². The maximum absolute atomic E-state index is 12.3. The fourth-order valence-electron chi connectivity index (χ4n) is 2.77. The lowest BCUT2D eigenvalue weighted by atomic mass is 10.1.